The maximum atomic E-state index is 11.8. The zero-order valence-corrected chi connectivity index (χ0v) is 12.8. The number of ether oxygens (including phenoxy) is 1. The highest BCUT2D eigenvalue weighted by molar-refractivity contribution is 7.98. The predicted octanol–water partition coefficient (Wildman–Crippen LogP) is 1.85. The molecule has 0 bridgehead atoms. The third kappa shape index (κ3) is 5.52. The number of nitrogens with zero attached hydrogens (tertiary/aromatic N) is 1. The van der Waals surface area contributed by atoms with Crippen LogP contribution < -0.4 is 10.1 Å². The van der Waals surface area contributed by atoms with Crippen molar-refractivity contribution in [3.8, 4) is 5.75 Å². The molecular weight excluding hydrogens is 276 g/mol. The summed E-state index contributed by atoms with van der Waals surface area (Å²) in [4.78, 5) is 24.9. The lowest BCUT2D eigenvalue weighted by atomic mass is 10.3. The smallest absolute Gasteiger partial charge is 0.243 e. The highest BCUT2D eigenvalue weighted by atomic mass is 32.2. The van der Waals surface area contributed by atoms with Gasteiger partial charge in [-0.2, -0.15) is 11.8 Å². The molecule has 0 saturated carbocycles. The van der Waals surface area contributed by atoms with Crippen molar-refractivity contribution in [2.45, 2.75) is 6.42 Å². The van der Waals surface area contributed by atoms with E-state index in [-0.39, 0.29) is 18.4 Å². The lowest BCUT2D eigenvalue weighted by Crippen LogP contribution is -2.35. The molecule has 0 aliphatic carbocycles. The maximum absolute atomic E-state index is 11.8. The molecule has 0 radical (unpaired) electrons. The molecule has 0 fully saturated rings. The van der Waals surface area contributed by atoms with E-state index < -0.39 is 0 Å². The summed E-state index contributed by atoms with van der Waals surface area (Å²) in [5, 5.41) is 2.74. The van der Waals surface area contributed by atoms with E-state index >= 15 is 0 Å². The molecule has 110 valence electrons. The number of nitrogens with one attached hydrogen (secondary N) is 1. The predicted molar refractivity (Wildman–Crippen MR) is 82.3 cm³/mol. The lowest BCUT2D eigenvalue weighted by Gasteiger charge is -2.16. The summed E-state index contributed by atoms with van der Waals surface area (Å²) in [5.74, 6) is 1.26. The van der Waals surface area contributed by atoms with Crippen molar-refractivity contribution in [3.63, 3.8) is 0 Å². The fourth-order valence-electron chi connectivity index (χ4n) is 1.56. The summed E-state index contributed by atoms with van der Waals surface area (Å²) < 4.78 is 5.04. The van der Waals surface area contributed by atoms with Crippen molar-refractivity contribution in [1.82, 2.24) is 4.90 Å². The zero-order valence-electron chi connectivity index (χ0n) is 12.0. The van der Waals surface area contributed by atoms with Crippen LogP contribution in [0.4, 0.5) is 5.69 Å². The van der Waals surface area contributed by atoms with E-state index in [0.29, 0.717) is 12.1 Å². The average molecular weight is 296 g/mol. The van der Waals surface area contributed by atoms with E-state index in [2.05, 4.69) is 5.32 Å². The van der Waals surface area contributed by atoms with Crippen LogP contribution in [-0.4, -0.2) is 49.4 Å². The molecule has 6 heteroatoms. The van der Waals surface area contributed by atoms with E-state index in [1.807, 2.05) is 6.26 Å². The van der Waals surface area contributed by atoms with Crippen LogP contribution in [0, 0.1) is 0 Å². The number of amides is 2. The summed E-state index contributed by atoms with van der Waals surface area (Å²) in [6, 6.07) is 7.05. The minimum atomic E-state index is -0.213. The second-order valence-electron chi connectivity index (χ2n) is 4.27. The third-order valence-corrected chi connectivity index (χ3v) is 3.31. The Kier molecular flexibility index (Phi) is 6.93. The zero-order chi connectivity index (χ0) is 15.0. The van der Waals surface area contributed by atoms with Crippen molar-refractivity contribution in [1.29, 1.82) is 0 Å². The Labute approximate surface area is 123 Å². The molecule has 0 aromatic heterocycles. The van der Waals surface area contributed by atoms with Gasteiger partial charge in [0, 0.05) is 24.9 Å². The van der Waals surface area contributed by atoms with Crippen molar-refractivity contribution < 1.29 is 14.3 Å². The first-order chi connectivity index (χ1) is 9.56. The molecule has 1 aromatic carbocycles. The van der Waals surface area contributed by atoms with Gasteiger partial charge in [-0.25, -0.2) is 0 Å². The molecule has 0 aliphatic rings. The molecule has 1 N–H and O–H groups in total. The van der Waals surface area contributed by atoms with Gasteiger partial charge in [0.1, 0.15) is 5.75 Å². The summed E-state index contributed by atoms with van der Waals surface area (Å²) >= 11 is 1.61. The fourth-order valence-corrected chi connectivity index (χ4v) is 1.94. The number of carbonyl (C=O) groups is 2. The second kappa shape index (κ2) is 8.47. The minimum absolute atomic E-state index is 0.0239. The Morgan fingerprint density at radius 2 is 1.95 bits per heavy atom. The highest BCUT2D eigenvalue weighted by Crippen LogP contribution is 2.14. The van der Waals surface area contributed by atoms with Gasteiger partial charge in [0.2, 0.25) is 11.8 Å². The van der Waals surface area contributed by atoms with E-state index in [4.69, 9.17) is 4.74 Å². The first-order valence-electron chi connectivity index (χ1n) is 6.23. The van der Waals surface area contributed by atoms with E-state index in [1.54, 1.807) is 50.2 Å². The van der Waals surface area contributed by atoms with Crippen LogP contribution in [0.1, 0.15) is 6.42 Å². The maximum Gasteiger partial charge on any atom is 0.243 e. The molecule has 0 unspecified atom stereocenters. The topological polar surface area (TPSA) is 58.6 Å². The first kappa shape index (κ1) is 16.4. The van der Waals surface area contributed by atoms with Crippen molar-refractivity contribution in [2.24, 2.45) is 0 Å². The van der Waals surface area contributed by atoms with Crippen LogP contribution in [0.2, 0.25) is 0 Å². The SMILES string of the molecule is COc1ccc(NC(=O)CN(C)C(=O)CCSC)cc1. The monoisotopic (exact) mass is 296 g/mol. The number of benzene rings is 1. The number of thioether (sulfide) groups is 1. The van der Waals surface area contributed by atoms with Gasteiger partial charge in [-0.1, -0.05) is 0 Å². The molecule has 0 saturated heterocycles. The number of rotatable bonds is 7. The van der Waals surface area contributed by atoms with Crippen LogP contribution >= 0.6 is 11.8 Å². The van der Waals surface area contributed by atoms with Crippen LogP contribution in [0.3, 0.4) is 0 Å². The van der Waals surface area contributed by atoms with Gasteiger partial charge in [0.25, 0.3) is 0 Å². The van der Waals surface area contributed by atoms with E-state index in [9.17, 15) is 9.59 Å². The number of likely N-dealkylation sites (N-methyl/N-ethyl adjacent to an activating group) is 1. The summed E-state index contributed by atoms with van der Waals surface area (Å²) in [6.07, 6.45) is 2.40. The van der Waals surface area contributed by atoms with Crippen molar-refractivity contribution >= 4 is 29.3 Å². The van der Waals surface area contributed by atoms with Crippen molar-refractivity contribution in [3.05, 3.63) is 24.3 Å². The van der Waals surface area contributed by atoms with E-state index in [1.165, 1.54) is 4.90 Å². The van der Waals surface area contributed by atoms with Crippen LogP contribution in [0.15, 0.2) is 24.3 Å². The third-order valence-electron chi connectivity index (χ3n) is 2.70. The van der Waals surface area contributed by atoms with Gasteiger partial charge in [-0.05, 0) is 30.5 Å². The molecule has 1 rings (SSSR count). The van der Waals surface area contributed by atoms with E-state index in [0.717, 1.165) is 11.5 Å². The minimum Gasteiger partial charge on any atom is -0.497 e. The molecule has 20 heavy (non-hydrogen) atoms. The average Bonchev–Trinajstić information content (AvgIpc) is 2.45. The van der Waals surface area contributed by atoms with Crippen molar-refractivity contribution in [2.75, 3.05) is 38.0 Å². The molecule has 1 aromatic rings. The second-order valence-corrected chi connectivity index (χ2v) is 5.25. The lowest BCUT2D eigenvalue weighted by molar-refractivity contribution is -0.132. The molecule has 2 amide bonds. The van der Waals surface area contributed by atoms with Crippen LogP contribution in [-0.2, 0) is 9.59 Å². The molecule has 0 spiro atoms. The summed E-state index contributed by atoms with van der Waals surface area (Å²) in [5.41, 5.74) is 0.681. The number of anilines is 1. The number of hydrogen-bond donors (Lipinski definition) is 1. The Morgan fingerprint density at radius 3 is 2.50 bits per heavy atom. The summed E-state index contributed by atoms with van der Waals surface area (Å²) in [7, 11) is 3.22. The molecular formula is C14H20N2O3S. The quantitative estimate of drug-likeness (QED) is 0.834. The molecule has 5 nitrogen and oxygen atoms in total. The standard InChI is InChI=1S/C14H20N2O3S/c1-16(14(18)8-9-20-3)10-13(17)15-11-4-6-12(19-2)7-5-11/h4-7H,8-10H2,1-3H3,(H,15,17). The molecule has 0 aliphatic heterocycles. The number of methoxy groups -OCH3 is 1. The Hall–Kier alpha value is -1.69. The van der Waals surface area contributed by atoms with Gasteiger partial charge in [0.15, 0.2) is 0 Å². The van der Waals surface area contributed by atoms with Gasteiger partial charge >= 0.3 is 0 Å². The fraction of sp³-hybridized carbons (Fsp3) is 0.429. The Morgan fingerprint density at radius 1 is 1.30 bits per heavy atom. The highest BCUT2D eigenvalue weighted by Gasteiger charge is 2.12. The number of hydrogen-bond acceptors (Lipinski definition) is 4. The normalized spacial score (nSPS) is 9.95. The van der Waals surface area contributed by atoms with Gasteiger partial charge < -0.3 is 15.0 Å². The van der Waals surface area contributed by atoms with Crippen LogP contribution in [0.25, 0.3) is 0 Å². The number of carbonyl (C=O) groups excluding carboxylic acids is 2. The Balaban J connectivity index is 2.44. The largest absolute Gasteiger partial charge is 0.497 e. The molecule has 0 heterocycles. The first-order valence-corrected chi connectivity index (χ1v) is 7.63. The molecule has 0 atom stereocenters. The van der Waals surface area contributed by atoms with Gasteiger partial charge in [0.05, 0.1) is 13.7 Å². The van der Waals surface area contributed by atoms with Crippen LogP contribution in [0.5, 0.6) is 5.75 Å². The van der Waals surface area contributed by atoms with Gasteiger partial charge in [-0.3, -0.25) is 9.59 Å². The summed E-state index contributed by atoms with van der Waals surface area (Å²) in [6.45, 7) is 0.0548. The Bertz CT molecular complexity index is 448. The van der Waals surface area contributed by atoms with Gasteiger partial charge in [-0.15, -0.1) is 0 Å².